The lowest BCUT2D eigenvalue weighted by atomic mass is 10.2. The molecule has 1 atom stereocenters. The molecule has 6 heteroatoms. The standard InChI is InChI=1S/C11H11ClN4O/c12-4-10-15-8-6-13-2-1-9(8)16(10)7-3-11(17)14-5-7/h1-2,6-7H,3-5H2,(H,14,17). The third-order valence-electron chi connectivity index (χ3n) is 3.01. The third-order valence-corrected chi connectivity index (χ3v) is 3.24. The molecule has 3 rings (SSSR count). The maximum Gasteiger partial charge on any atom is 0.222 e. The zero-order valence-electron chi connectivity index (χ0n) is 9.06. The van der Waals surface area contributed by atoms with Gasteiger partial charge in [0.25, 0.3) is 0 Å². The lowest BCUT2D eigenvalue weighted by molar-refractivity contribution is -0.119. The Labute approximate surface area is 103 Å². The molecule has 0 aromatic carbocycles. The van der Waals surface area contributed by atoms with Gasteiger partial charge in [-0.3, -0.25) is 9.78 Å². The first-order valence-corrected chi connectivity index (χ1v) is 5.96. The highest BCUT2D eigenvalue weighted by atomic mass is 35.5. The van der Waals surface area contributed by atoms with Crippen LogP contribution < -0.4 is 5.32 Å². The second kappa shape index (κ2) is 4.00. The number of carbonyl (C=O) groups is 1. The number of carbonyl (C=O) groups excluding carboxylic acids is 1. The van der Waals surface area contributed by atoms with Crippen LogP contribution in [0.3, 0.4) is 0 Å². The molecule has 3 heterocycles. The average Bonchev–Trinajstić information content (AvgIpc) is 2.91. The Kier molecular flexibility index (Phi) is 2.48. The van der Waals surface area contributed by atoms with Crippen LogP contribution in [0, 0.1) is 0 Å². The van der Waals surface area contributed by atoms with Crippen molar-refractivity contribution >= 4 is 28.5 Å². The summed E-state index contributed by atoms with van der Waals surface area (Å²) in [5.41, 5.74) is 1.81. The Morgan fingerprint density at radius 3 is 3.18 bits per heavy atom. The second-order valence-electron chi connectivity index (χ2n) is 4.06. The van der Waals surface area contributed by atoms with E-state index in [9.17, 15) is 4.79 Å². The molecule has 1 amide bonds. The minimum atomic E-state index is 0.0754. The van der Waals surface area contributed by atoms with Crippen molar-refractivity contribution in [1.82, 2.24) is 19.9 Å². The summed E-state index contributed by atoms with van der Waals surface area (Å²) in [5, 5.41) is 2.83. The normalized spacial score (nSPS) is 19.8. The fourth-order valence-electron chi connectivity index (χ4n) is 2.27. The summed E-state index contributed by atoms with van der Waals surface area (Å²) in [4.78, 5) is 19.8. The second-order valence-corrected chi connectivity index (χ2v) is 4.33. The lowest BCUT2D eigenvalue weighted by Gasteiger charge is -2.13. The van der Waals surface area contributed by atoms with E-state index in [0.29, 0.717) is 18.8 Å². The van der Waals surface area contributed by atoms with Crippen LogP contribution in [0.1, 0.15) is 18.3 Å². The van der Waals surface area contributed by atoms with E-state index >= 15 is 0 Å². The maximum absolute atomic E-state index is 11.3. The highest BCUT2D eigenvalue weighted by molar-refractivity contribution is 6.16. The molecule has 88 valence electrons. The van der Waals surface area contributed by atoms with Gasteiger partial charge in [0.2, 0.25) is 5.91 Å². The average molecular weight is 251 g/mol. The SMILES string of the molecule is O=C1CC(n2c(CCl)nc3cnccc32)CN1. The molecule has 1 N–H and O–H groups in total. The van der Waals surface area contributed by atoms with Gasteiger partial charge >= 0.3 is 0 Å². The first-order chi connectivity index (χ1) is 8.29. The zero-order chi connectivity index (χ0) is 11.8. The molecule has 0 spiro atoms. The van der Waals surface area contributed by atoms with Crippen LogP contribution in [0.25, 0.3) is 11.0 Å². The van der Waals surface area contributed by atoms with Crippen LogP contribution in [-0.2, 0) is 10.7 Å². The monoisotopic (exact) mass is 250 g/mol. The van der Waals surface area contributed by atoms with Gasteiger partial charge < -0.3 is 9.88 Å². The van der Waals surface area contributed by atoms with Crippen LogP contribution in [0.4, 0.5) is 0 Å². The van der Waals surface area contributed by atoms with E-state index in [1.54, 1.807) is 12.4 Å². The van der Waals surface area contributed by atoms with Crippen LogP contribution in [0.15, 0.2) is 18.5 Å². The molecule has 1 aliphatic heterocycles. The molecule has 0 radical (unpaired) electrons. The van der Waals surface area contributed by atoms with E-state index in [1.807, 2.05) is 10.6 Å². The van der Waals surface area contributed by atoms with E-state index in [2.05, 4.69) is 15.3 Å². The number of nitrogens with one attached hydrogen (secondary N) is 1. The molecule has 5 nitrogen and oxygen atoms in total. The number of aromatic nitrogens is 3. The van der Waals surface area contributed by atoms with Crippen LogP contribution in [-0.4, -0.2) is 27.0 Å². The number of alkyl halides is 1. The number of rotatable bonds is 2. The van der Waals surface area contributed by atoms with Gasteiger partial charge in [0.15, 0.2) is 0 Å². The van der Waals surface area contributed by atoms with Gasteiger partial charge in [0.1, 0.15) is 11.3 Å². The molecule has 0 bridgehead atoms. The molecule has 2 aromatic heterocycles. The fourth-order valence-corrected chi connectivity index (χ4v) is 2.46. The van der Waals surface area contributed by atoms with Gasteiger partial charge in [-0.2, -0.15) is 0 Å². The number of hydrogen-bond acceptors (Lipinski definition) is 3. The molecule has 1 fully saturated rings. The van der Waals surface area contributed by atoms with Crippen LogP contribution in [0.5, 0.6) is 0 Å². The van der Waals surface area contributed by atoms with Gasteiger partial charge in [0, 0.05) is 19.2 Å². The fraction of sp³-hybridized carbons (Fsp3) is 0.364. The predicted octanol–water partition coefficient (Wildman–Crippen LogP) is 1.23. The van der Waals surface area contributed by atoms with E-state index in [1.165, 1.54) is 0 Å². The highest BCUT2D eigenvalue weighted by Gasteiger charge is 2.26. The summed E-state index contributed by atoms with van der Waals surface area (Å²) >= 11 is 5.91. The number of pyridine rings is 1. The van der Waals surface area contributed by atoms with Gasteiger partial charge in [-0.25, -0.2) is 4.98 Å². The number of fused-ring (bicyclic) bond motifs is 1. The van der Waals surface area contributed by atoms with Crippen molar-refractivity contribution in [3.63, 3.8) is 0 Å². The Morgan fingerprint density at radius 1 is 1.59 bits per heavy atom. The van der Waals surface area contributed by atoms with Gasteiger partial charge in [-0.15, -0.1) is 11.6 Å². The van der Waals surface area contributed by atoms with Gasteiger partial charge in [-0.1, -0.05) is 0 Å². The smallest absolute Gasteiger partial charge is 0.222 e. The molecule has 17 heavy (non-hydrogen) atoms. The van der Waals surface area contributed by atoms with E-state index in [4.69, 9.17) is 11.6 Å². The summed E-state index contributed by atoms with van der Waals surface area (Å²) in [6.07, 6.45) is 3.92. The summed E-state index contributed by atoms with van der Waals surface area (Å²) < 4.78 is 2.04. The topological polar surface area (TPSA) is 59.8 Å². The van der Waals surface area contributed by atoms with Crippen molar-refractivity contribution in [2.75, 3.05) is 6.54 Å². The summed E-state index contributed by atoms with van der Waals surface area (Å²) in [6.45, 7) is 0.635. The van der Waals surface area contributed by atoms with Gasteiger partial charge in [0.05, 0.1) is 23.6 Å². The molecule has 1 saturated heterocycles. The molecular formula is C11H11ClN4O. The Balaban J connectivity index is 2.15. The predicted molar refractivity (Wildman–Crippen MR) is 63.7 cm³/mol. The zero-order valence-corrected chi connectivity index (χ0v) is 9.81. The number of halogens is 1. The van der Waals surface area contributed by atoms with E-state index < -0.39 is 0 Å². The van der Waals surface area contributed by atoms with E-state index in [0.717, 1.165) is 16.9 Å². The number of amides is 1. The molecule has 1 aliphatic rings. The molecule has 2 aromatic rings. The summed E-state index contributed by atoms with van der Waals surface area (Å²) in [5.74, 6) is 1.20. The van der Waals surface area contributed by atoms with Crippen molar-refractivity contribution in [1.29, 1.82) is 0 Å². The molecular weight excluding hydrogens is 240 g/mol. The maximum atomic E-state index is 11.3. The first kappa shape index (κ1) is 10.5. The summed E-state index contributed by atoms with van der Waals surface area (Å²) in [7, 11) is 0. The van der Waals surface area contributed by atoms with E-state index in [-0.39, 0.29) is 11.9 Å². The largest absolute Gasteiger partial charge is 0.354 e. The highest BCUT2D eigenvalue weighted by Crippen LogP contribution is 2.25. The van der Waals surface area contributed by atoms with Crippen molar-refractivity contribution in [3.8, 4) is 0 Å². The molecule has 0 aliphatic carbocycles. The van der Waals surface area contributed by atoms with Gasteiger partial charge in [-0.05, 0) is 6.07 Å². The Morgan fingerprint density at radius 2 is 2.47 bits per heavy atom. The van der Waals surface area contributed by atoms with Crippen LogP contribution in [0.2, 0.25) is 0 Å². The quantitative estimate of drug-likeness (QED) is 0.816. The number of imidazole rings is 1. The Bertz CT molecular complexity index is 580. The molecule has 1 unspecified atom stereocenters. The summed E-state index contributed by atoms with van der Waals surface area (Å²) in [6, 6.07) is 2.00. The van der Waals surface area contributed by atoms with Crippen molar-refractivity contribution < 1.29 is 4.79 Å². The minimum absolute atomic E-state index is 0.0754. The third kappa shape index (κ3) is 1.67. The number of hydrogen-bond donors (Lipinski definition) is 1. The van der Waals surface area contributed by atoms with Crippen molar-refractivity contribution in [2.24, 2.45) is 0 Å². The first-order valence-electron chi connectivity index (χ1n) is 5.43. The van der Waals surface area contributed by atoms with Crippen molar-refractivity contribution in [3.05, 3.63) is 24.3 Å². The minimum Gasteiger partial charge on any atom is -0.354 e. The number of nitrogens with zero attached hydrogens (tertiary/aromatic N) is 3. The molecule has 0 saturated carbocycles. The lowest BCUT2D eigenvalue weighted by Crippen LogP contribution is -2.16. The Hall–Kier alpha value is -1.62. The van der Waals surface area contributed by atoms with Crippen molar-refractivity contribution in [2.45, 2.75) is 18.3 Å². The van der Waals surface area contributed by atoms with Crippen LogP contribution >= 0.6 is 11.6 Å².